The Morgan fingerprint density at radius 3 is 2.56 bits per heavy atom. The van der Waals surface area contributed by atoms with Gasteiger partial charge in [-0.05, 0) is 57.5 Å². The van der Waals surface area contributed by atoms with Gasteiger partial charge in [0, 0.05) is 91.6 Å². The van der Waals surface area contributed by atoms with Crippen LogP contribution in [0, 0.1) is 0 Å². The molecule has 1 aliphatic rings. The maximum atomic E-state index is 12.3. The van der Waals surface area contributed by atoms with E-state index >= 15 is 0 Å². The number of carbonyl (C=O) groups is 1. The van der Waals surface area contributed by atoms with E-state index in [4.69, 9.17) is 4.98 Å². The molecule has 5 rings (SSSR count). The molecular weight excluding hydrogens is 490 g/mol. The van der Waals surface area contributed by atoms with Crippen LogP contribution in [0.1, 0.15) is 0 Å². The molecule has 3 aromatic heterocycles. The average Bonchev–Trinajstić information content (AvgIpc) is 2.93. The van der Waals surface area contributed by atoms with Crippen molar-refractivity contribution in [2.45, 2.75) is 0 Å². The van der Waals surface area contributed by atoms with Gasteiger partial charge in [-0.25, -0.2) is 9.97 Å². The molecule has 2 N–H and O–H groups in total. The zero-order valence-electron chi connectivity index (χ0n) is 22.5. The fourth-order valence-corrected chi connectivity index (χ4v) is 4.36. The fourth-order valence-electron chi connectivity index (χ4n) is 4.36. The number of nitrogens with one attached hydrogen (secondary N) is 2. The van der Waals surface area contributed by atoms with Gasteiger partial charge in [0.2, 0.25) is 11.9 Å². The number of rotatable bonds is 8. The Labute approximate surface area is 228 Å². The molecule has 1 aliphatic heterocycles. The lowest BCUT2D eigenvalue weighted by Gasteiger charge is -2.34. The van der Waals surface area contributed by atoms with E-state index < -0.39 is 0 Å². The zero-order valence-corrected chi connectivity index (χ0v) is 22.5. The van der Waals surface area contributed by atoms with Crippen molar-refractivity contribution in [3.8, 4) is 11.3 Å². The van der Waals surface area contributed by atoms with Crippen molar-refractivity contribution in [1.29, 1.82) is 0 Å². The van der Waals surface area contributed by atoms with Gasteiger partial charge < -0.3 is 25.3 Å². The van der Waals surface area contributed by atoms with E-state index in [2.05, 4.69) is 66.7 Å². The third-order valence-corrected chi connectivity index (χ3v) is 6.52. The summed E-state index contributed by atoms with van der Waals surface area (Å²) in [6.45, 7) is 4.88. The summed E-state index contributed by atoms with van der Waals surface area (Å²) in [5.41, 5.74) is 4.90. The highest BCUT2D eigenvalue weighted by Crippen LogP contribution is 2.28. The number of carbonyl (C=O) groups excluding carboxylic acids is 1. The van der Waals surface area contributed by atoms with Crippen molar-refractivity contribution < 1.29 is 4.79 Å². The number of likely N-dealkylation sites (N-methyl/N-ethyl adjacent to an activating group) is 2. The topological polar surface area (TPSA) is 102 Å². The molecule has 0 spiro atoms. The number of nitrogens with zero attached hydrogens (tertiary/aromatic N) is 7. The number of aromatic nitrogens is 4. The number of hydrogen-bond donors (Lipinski definition) is 2. The third kappa shape index (κ3) is 6.73. The van der Waals surface area contributed by atoms with Crippen molar-refractivity contribution in [3.05, 3.63) is 73.3 Å². The number of amides is 1. The molecule has 1 saturated heterocycles. The van der Waals surface area contributed by atoms with Crippen LogP contribution in [0.15, 0.2) is 73.3 Å². The number of pyridine rings is 2. The number of anilines is 4. The maximum absolute atomic E-state index is 12.3. The Bertz CT molecular complexity index is 1460. The van der Waals surface area contributed by atoms with Crippen LogP contribution < -0.4 is 15.5 Å². The SMILES string of the molecule is CN(C)CC=CC(=O)Nc1ccnc(-c2cncc3cnc(Nc4ccc(N5CCN(C)CC5)cc4)nc23)c1. The van der Waals surface area contributed by atoms with Crippen LogP contribution in [0.25, 0.3) is 22.2 Å². The Hall–Kier alpha value is -4.41. The van der Waals surface area contributed by atoms with Gasteiger partial charge in [0.1, 0.15) is 0 Å². The molecule has 1 aromatic carbocycles. The smallest absolute Gasteiger partial charge is 0.248 e. The van der Waals surface area contributed by atoms with E-state index in [1.54, 1.807) is 30.9 Å². The van der Waals surface area contributed by atoms with Gasteiger partial charge in [0.25, 0.3) is 0 Å². The Morgan fingerprint density at radius 2 is 1.79 bits per heavy atom. The number of hydrogen-bond acceptors (Lipinski definition) is 9. The molecule has 0 radical (unpaired) electrons. The molecule has 0 atom stereocenters. The third-order valence-electron chi connectivity index (χ3n) is 6.52. The van der Waals surface area contributed by atoms with E-state index in [0.717, 1.165) is 48.3 Å². The second kappa shape index (κ2) is 12.0. The van der Waals surface area contributed by atoms with Crippen LogP contribution in [0.2, 0.25) is 0 Å². The van der Waals surface area contributed by atoms with E-state index in [1.165, 1.54) is 11.8 Å². The van der Waals surface area contributed by atoms with Crippen LogP contribution in [-0.4, -0.2) is 89.5 Å². The lowest BCUT2D eigenvalue weighted by molar-refractivity contribution is -0.111. The van der Waals surface area contributed by atoms with Crippen LogP contribution in [0.3, 0.4) is 0 Å². The van der Waals surface area contributed by atoms with Gasteiger partial charge in [0.15, 0.2) is 0 Å². The van der Waals surface area contributed by atoms with Crippen molar-refractivity contribution in [3.63, 3.8) is 0 Å². The number of piperazine rings is 1. The number of fused-ring (bicyclic) bond motifs is 1. The lowest BCUT2D eigenvalue weighted by atomic mass is 10.1. The van der Waals surface area contributed by atoms with E-state index in [0.29, 0.717) is 23.9 Å². The van der Waals surface area contributed by atoms with Gasteiger partial charge in [-0.3, -0.25) is 14.8 Å². The summed E-state index contributed by atoms with van der Waals surface area (Å²) < 4.78 is 0. The van der Waals surface area contributed by atoms with Crippen molar-refractivity contribution in [2.24, 2.45) is 0 Å². The average molecular weight is 524 g/mol. The highest BCUT2D eigenvalue weighted by molar-refractivity contribution is 6.00. The minimum Gasteiger partial charge on any atom is -0.369 e. The van der Waals surface area contributed by atoms with Crippen molar-refractivity contribution in [2.75, 3.05) is 69.4 Å². The van der Waals surface area contributed by atoms with Crippen molar-refractivity contribution >= 4 is 39.8 Å². The van der Waals surface area contributed by atoms with Crippen LogP contribution >= 0.6 is 0 Å². The summed E-state index contributed by atoms with van der Waals surface area (Å²) in [6, 6.07) is 11.9. The molecule has 0 saturated carbocycles. The summed E-state index contributed by atoms with van der Waals surface area (Å²) in [4.78, 5) is 37.2. The molecule has 10 heteroatoms. The molecule has 0 bridgehead atoms. The molecular formula is C29H33N9O. The van der Waals surface area contributed by atoms with Crippen LogP contribution in [0.4, 0.5) is 23.0 Å². The summed E-state index contributed by atoms with van der Waals surface area (Å²) in [5.74, 6) is 0.287. The standard InChI is InChI=1S/C29H33N9O/c1-36(2)12-4-5-27(39)33-23-10-11-31-26(17-23)25-20-30-18-21-19-32-29(35-28(21)25)34-22-6-8-24(9-7-22)38-15-13-37(3)14-16-38/h4-11,17-20H,12-16H2,1-3H3,(H,31,33,39)(H,32,34,35). The highest BCUT2D eigenvalue weighted by Gasteiger charge is 2.14. The molecule has 39 heavy (non-hydrogen) atoms. The Morgan fingerprint density at radius 1 is 1.00 bits per heavy atom. The van der Waals surface area contributed by atoms with E-state index in [-0.39, 0.29) is 5.91 Å². The van der Waals surface area contributed by atoms with Gasteiger partial charge in [-0.2, -0.15) is 0 Å². The molecule has 4 heterocycles. The minimum atomic E-state index is -0.197. The summed E-state index contributed by atoms with van der Waals surface area (Å²) in [5, 5.41) is 7.01. The monoisotopic (exact) mass is 523 g/mol. The first-order valence-electron chi connectivity index (χ1n) is 12.9. The minimum absolute atomic E-state index is 0.197. The Kier molecular flexibility index (Phi) is 8.04. The molecule has 200 valence electrons. The van der Waals surface area contributed by atoms with Crippen LogP contribution in [-0.2, 0) is 4.79 Å². The van der Waals surface area contributed by atoms with Gasteiger partial charge in [-0.15, -0.1) is 0 Å². The molecule has 0 unspecified atom stereocenters. The first-order chi connectivity index (χ1) is 18.9. The van der Waals surface area contributed by atoms with Gasteiger partial charge in [-0.1, -0.05) is 6.08 Å². The Balaban J connectivity index is 1.34. The fraction of sp³-hybridized carbons (Fsp3) is 0.276. The predicted molar refractivity (Wildman–Crippen MR) is 156 cm³/mol. The second-order valence-corrected chi connectivity index (χ2v) is 9.86. The summed E-state index contributed by atoms with van der Waals surface area (Å²) in [7, 11) is 6.06. The quantitative estimate of drug-likeness (QED) is 0.335. The first kappa shape index (κ1) is 26.2. The van der Waals surface area contributed by atoms with Gasteiger partial charge >= 0.3 is 0 Å². The first-order valence-corrected chi connectivity index (χ1v) is 12.9. The summed E-state index contributed by atoms with van der Waals surface area (Å²) in [6.07, 6.45) is 10.2. The number of benzene rings is 1. The van der Waals surface area contributed by atoms with E-state index in [9.17, 15) is 4.79 Å². The molecule has 1 fully saturated rings. The van der Waals surface area contributed by atoms with Crippen LogP contribution in [0.5, 0.6) is 0 Å². The van der Waals surface area contributed by atoms with Crippen molar-refractivity contribution in [1.82, 2.24) is 29.7 Å². The highest BCUT2D eigenvalue weighted by atomic mass is 16.1. The van der Waals surface area contributed by atoms with Gasteiger partial charge in [0.05, 0.1) is 11.2 Å². The largest absolute Gasteiger partial charge is 0.369 e. The maximum Gasteiger partial charge on any atom is 0.248 e. The second-order valence-electron chi connectivity index (χ2n) is 9.86. The molecule has 1 amide bonds. The zero-order chi connectivity index (χ0) is 27.2. The molecule has 0 aliphatic carbocycles. The summed E-state index contributed by atoms with van der Waals surface area (Å²) >= 11 is 0. The normalized spacial score (nSPS) is 14.3. The molecule has 4 aromatic rings. The lowest BCUT2D eigenvalue weighted by Crippen LogP contribution is -2.44. The van der Waals surface area contributed by atoms with E-state index in [1.807, 2.05) is 31.1 Å². The predicted octanol–water partition coefficient (Wildman–Crippen LogP) is 3.64. The molecule has 10 nitrogen and oxygen atoms in total.